The fourth-order valence-electron chi connectivity index (χ4n) is 3.26. The number of hydrogen-bond acceptors (Lipinski definition) is 1. The van der Waals surface area contributed by atoms with Gasteiger partial charge in [0.25, 0.3) is 0 Å². The molecule has 0 bridgehead atoms. The summed E-state index contributed by atoms with van der Waals surface area (Å²) in [5.41, 5.74) is 6.92. The van der Waals surface area contributed by atoms with Crippen molar-refractivity contribution in [2.75, 3.05) is 6.61 Å². The molecule has 1 heteroatoms. The summed E-state index contributed by atoms with van der Waals surface area (Å²) in [6.07, 6.45) is 3.19. The van der Waals surface area contributed by atoms with Gasteiger partial charge in [-0.15, -0.1) is 0 Å². The second kappa shape index (κ2) is 5.18. The molecule has 0 heterocycles. The molecule has 0 fully saturated rings. The third-order valence-corrected chi connectivity index (χ3v) is 4.18. The molecule has 1 unspecified atom stereocenters. The van der Waals surface area contributed by atoms with Crippen molar-refractivity contribution < 1.29 is 5.11 Å². The van der Waals surface area contributed by atoms with Crippen molar-refractivity contribution in [3.05, 3.63) is 59.2 Å². The van der Waals surface area contributed by atoms with Gasteiger partial charge in [-0.25, -0.2) is 0 Å². The Hall–Kier alpha value is -1.60. The highest BCUT2D eigenvalue weighted by molar-refractivity contribution is 5.78. The summed E-state index contributed by atoms with van der Waals surface area (Å²) in [7, 11) is 0. The molecule has 1 atom stereocenters. The van der Waals surface area contributed by atoms with E-state index in [0.29, 0.717) is 0 Å². The summed E-state index contributed by atoms with van der Waals surface area (Å²) in [5, 5.41) is 9.66. The largest absolute Gasteiger partial charge is 0.396 e. The topological polar surface area (TPSA) is 20.2 Å². The summed E-state index contributed by atoms with van der Waals surface area (Å²) in [4.78, 5) is 0. The van der Waals surface area contributed by atoms with E-state index in [1.54, 1.807) is 0 Å². The molecular weight excluding hydrogens is 232 g/mol. The number of rotatable bonds is 4. The molecule has 2 aromatic carbocycles. The van der Waals surface area contributed by atoms with Crippen molar-refractivity contribution in [3.8, 4) is 11.1 Å². The van der Waals surface area contributed by atoms with Crippen LogP contribution in [-0.2, 0) is 6.42 Å². The molecule has 1 aliphatic carbocycles. The molecule has 0 aromatic heterocycles. The third kappa shape index (κ3) is 2.08. The Balaban J connectivity index is 2.07. The lowest BCUT2D eigenvalue weighted by molar-refractivity contribution is 0.258. The van der Waals surface area contributed by atoms with Gasteiger partial charge in [0.1, 0.15) is 0 Å². The van der Waals surface area contributed by atoms with Gasteiger partial charge in [-0.1, -0.05) is 55.8 Å². The summed E-state index contributed by atoms with van der Waals surface area (Å²) < 4.78 is 0. The first-order valence-corrected chi connectivity index (χ1v) is 7.16. The van der Waals surface area contributed by atoms with Crippen LogP contribution in [0, 0.1) is 0 Å². The molecule has 2 aromatic rings. The number of aliphatic hydroxyl groups excluding tert-OH is 1. The zero-order valence-electron chi connectivity index (χ0n) is 11.4. The highest BCUT2D eigenvalue weighted by Gasteiger charge is 2.23. The molecule has 0 aliphatic heterocycles. The van der Waals surface area contributed by atoms with Crippen molar-refractivity contribution >= 4 is 0 Å². The third-order valence-electron chi connectivity index (χ3n) is 4.18. The van der Waals surface area contributed by atoms with E-state index in [-0.39, 0.29) is 12.5 Å². The van der Waals surface area contributed by atoms with Gasteiger partial charge in [0.05, 0.1) is 0 Å². The van der Waals surface area contributed by atoms with Gasteiger partial charge in [-0.2, -0.15) is 0 Å². The van der Waals surface area contributed by atoms with Crippen molar-refractivity contribution in [1.29, 1.82) is 0 Å². The van der Waals surface area contributed by atoms with E-state index in [2.05, 4.69) is 49.4 Å². The Morgan fingerprint density at radius 3 is 2.63 bits per heavy atom. The van der Waals surface area contributed by atoms with Crippen LogP contribution in [0.3, 0.4) is 0 Å². The van der Waals surface area contributed by atoms with Crippen molar-refractivity contribution in [2.24, 2.45) is 0 Å². The van der Waals surface area contributed by atoms with Crippen molar-refractivity contribution in [2.45, 2.75) is 32.1 Å². The lowest BCUT2D eigenvalue weighted by atomic mass is 9.89. The summed E-state index contributed by atoms with van der Waals surface area (Å²) >= 11 is 0. The Morgan fingerprint density at radius 2 is 1.84 bits per heavy atom. The average molecular weight is 252 g/mol. The summed E-state index contributed by atoms with van der Waals surface area (Å²) in [5.74, 6) is 0.286. The first-order chi connectivity index (χ1) is 9.35. The average Bonchev–Trinajstić information content (AvgIpc) is 2.83. The minimum absolute atomic E-state index is 0.251. The number of benzene rings is 2. The van der Waals surface area contributed by atoms with Crippen molar-refractivity contribution in [1.82, 2.24) is 0 Å². The van der Waals surface area contributed by atoms with Crippen LogP contribution in [0.15, 0.2) is 42.5 Å². The molecule has 0 saturated heterocycles. The quantitative estimate of drug-likeness (QED) is 0.740. The maximum absolute atomic E-state index is 9.66. The zero-order valence-corrected chi connectivity index (χ0v) is 11.4. The molecule has 3 rings (SSSR count). The lowest BCUT2D eigenvalue weighted by Crippen LogP contribution is -2.06. The van der Waals surface area contributed by atoms with E-state index in [0.717, 1.165) is 19.3 Å². The van der Waals surface area contributed by atoms with E-state index < -0.39 is 0 Å². The molecule has 1 aliphatic rings. The Kier molecular flexibility index (Phi) is 3.39. The van der Waals surface area contributed by atoms with Gasteiger partial charge < -0.3 is 5.11 Å². The molecule has 0 radical (unpaired) electrons. The number of hydrogen-bond donors (Lipinski definition) is 1. The second-order valence-corrected chi connectivity index (χ2v) is 5.38. The molecule has 0 spiro atoms. The van der Waals surface area contributed by atoms with E-state index in [1.165, 1.54) is 27.8 Å². The molecule has 1 N–H and O–H groups in total. The van der Waals surface area contributed by atoms with Gasteiger partial charge in [-0.05, 0) is 40.7 Å². The fraction of sp³-hybridized carbons (Fsp3) is 0.333. The molecule has 0 amide bonds. The highest BCUT2D eigenvalue weighted by atomic mass is 16.3. The molecule has 19 heavy (non-hydrogen) atoms. The number of aliphatic hydroxyl groups is 1. The molecule has 0 saturated carbocycles. The van der Waals surface area contributed by atoms with Crippen LogP contribution in [0.25, 0.3) is 11.1 Å². The van der Waals surface area contributed by atoms with Crippen LogP contribution in [0.2, 0.25) is 0 Å². The Bertz CT molecular complexity index is 586. The lowest BCUT2D eigenvalue weighted by Gasteiger charge is -2.17. The SMILES string of the molecule is CCCC(CO)c1cccc2c1Cc1ccccc1-2. The molecular formula is C18H20O. The minimum atomic E-state index is 0.251. The maximum atomic E-state index is 9.66. The smallest absolute Gasteiger partial charge is 0.0499 e. The van der Waals surface area contributed by atoms with E-state index in [9.17, 15) is 5.11 Å². The van der Waals surface area contributed by atoms with Gasteiger partial charge in [0, 0.05) is 12.5 Å². The van der Waals surface area contributed by atoms with Crippen LogP contribution >= 0.6 is 0 Å². The van der Waals surface area contributed by atoms with E-state index in [4.69, 9.17) is 0 Å². The monoisotopic (exact) mass is 252 g/mol. The summed E-state index contributed by atoms with van der Waals surface area (Å²) in [6.45, 7) is 2.43. The fourth-order valence-corrected chi connectivity index (χ4v) is 3.26. The second-order valence-electron chi connectivity index (χ2n) is 5.38. The van der Waals surface area contributed by atoms with Gasteiger partial charge >= 0.3 is 0 Å². The van der Waals surface area contributed by atoms with Crippen molar-refractivity contribution in [3.63, 3.8) is 0 Å². The van der Waals surface area contributed by atoms with Crippen LogP contribution in [0.4, 0.5) is 0 Å². The minimum Gasteiger partial charge on any atom is -0.396 e. The highest BCUT2D eigenvalue weighted by Crippen LogP contribution is 2.40. The predicted molar refractivity (Wildman–Crippen MR) is 79.4 cm³/mol. The predicted octanol–water partition coefficient (Wildman–Crippen LogP) is 4.13. The standard InChI is InChI=1S/C18H20O/c1-2-6-14(12-19)16-9-5-10-17-15-8-4-3-7-13(15)11-18(16)17/h3-5,7-10,14,19H,2,6,11-12H2,1H3. The maximum Gasteiger partial charge on any atom is 0.0499 e. The van der Waals surface area contributed by atoms with E-state index in [1.807, 2.05) is 0 Å². The van der Waals surface area contributed by atoms with Crippen LogP contribution < -0.4 is 0 Å². The first-order valence-electron chi connectivity index (χ1n) is 7.16. The van der Waals surface area contributed by atoms with Crippen LogP contribution in [0.5, 0.6) is 0 Å². The van der Waals surface area contributed by atoms with Crippen LogP contribution in [-0.4, -0.2) is 11.7 Å². The van der Waals surface area contributed by atoms with Gasteiger partial charge in [0.2, 0.25) is 0 Å². The van der Waals surface area contributed by atoms with E-state index >= 15 is 0 Å². The normalized spacial score (nSPS) is 14.0. The Labute approximate surface area is 114 Å². The number of fused-ring (bicyclic) bond motifs is 3. The Morgan fingerprint density at radius 1 is 1.05 bits per heavy atom. The summed E-state index contributed by atoms with van der Waals surface area (Å²) in [6, 6.07) is 15.2. The van der Waals surface area contributed by atoms with Gasteiger partial charge in [0.15, 0.2) is 0 Å². The molecule has 98 valence electrons. The first kappa shape index (κ1) is 12.4. The van der Waals surface area contributed by atoms with Crippen LogP contribution in [0.1, 0.15) is 42.4 Å². The molecule has 1 nitrogen and oxygen atoms in total. The van der Waals surface area contributed by atoms with Gasteiger partial charge in [-0.3, -0.25) is 0 Å². The zero-order chi connectivity index (χ0) is 13.2.